The number of ether oxygens (including phenoxy) is 1. The molecule has 0 atom stereocenters. The highest BCUT2D eigenvalue weighted by molar-refractivity contribution is 14.0. The van der Waals surface area contributed by atoms with Crippen molar-refractivity contribution >= 4 is 29.9 Å². The van der Waals surface area contributed by atoms with Gasteiger partial charge in [0, 0.05) is 38.9 Å². The van der Waals surface area contributed by atoms with Crippen LogP contribution in [0.2, 0.25) is 0 Å². The molecule has 1 aromatic rings. The quantitative estimate of drug-likeness (QED) is 0.393. The van der Waals surface area contributed by atoms with E-state index in [9.17, 15) is 0 Å². The number of hydrogen-bond acceptors (Lipinski definition) is 3. The molecule has 6 heteroatoms. The number of likely N-dealkylation sites (tertiary alicyclic amines) is 1. The molecule has 2 heterocycles. The summed E-state index contributed by atoms with van der Waals surface area (Å²) in [7, 11) is 1.85. The summed E-state index contributed by atoms with van der Waals surface area (Å²) in [5.41, 5.74) is 2.84. The second-order valence-electron chi connectivity index (χ2n) is 7.24. The normalized spacial score (nSPS) is 20.5. The van der Waals surface area contributed by atoms with Gasteiger partial charge in [-0.15, -0.1) is 24.0 Å². The fraction of sp³-hybridized carbons (Fsp3) is 0.650. The zero-order valence-electron chi connectivity index (χ0n) is 16.1. The van der Waals surface area contributed by atoms with Crippen LogP contribution in [-0.2, 0) is 11.3 Å². The van der Waals surface area contributed by atoms with Gasteiger partial charge in [0.2, 0.25) is 0 Å². The first-order chi connectivity index (χ1) is 12.2. The highest BCUT2D eigenvalue weighted by Crippen LogP contribution is 2.30. The van der Waals surface area contributed by atoms with Crippen LogP contribution in [0, 0.1) is 6.92 Å². The molecule has 2 saturated heterocycles. The van der Waals surface area contributed by atoms with Gasteiger partial charge < -0.3 is 15.4 Å². The van der Waals surface area contributed by atoms with Gasteiger partial charge in [-0.3, -0.25) is 9.89 Å². The molecule has 5 nitrogen and oxygen atoms in total. The number of aryl methyl sites for hydroxylation is 1. The summed E-state index contributed by atoms with van der Waals surface area (Å²) in [6.45, 7) is 8.06. The molecule has 26 heavy (non-hydrogen) atoms. The third-order valence-corrected chi connectivity index (χ3v) is 5.72. The average molecular weight is 472 g/mol. The Kier molecular flexibility index (Phi) is 8.63. The van der Waals surface area contributed by atoms with Crippen LogP contribution < -0.4 is 10.6 Å². The molecule has 2 fully saturated rings. The van der Waals surface area contributed by atoms with Crippen LogP contribution in [0.3, 0.4) is 0 Å². The Labute approximate surface area is 175 Å². The van der Waals surface area contributed by atoms with Crippen molar-refractivity contribution in [1.29, 1.82) is 0 Å². The van der Waals surface area contributed by atoms with E-state index in [1.807, 2.05) is 7.05 Å². The fourth-order valence-electron chi connectivity index (χ4n) is 4.00. The van der Waals surface area contributed by atoms with Gasteiger partial charge in [0.1, 0.15) is 0 Å². The first-order valence-corrected chi connectivity index (χ1v) is 9.55. The van der Waals surface area contributed by atoms with Gasteiger partial charge >= 0.3 is 0 Å². The summed E-state index contributed by atoms with van der Waals surface area (Å²) >= 11 is 0. The highest BCUT2D eigenvalue weighted by atomic mass is 127. The van der Waals surface area contributed by atoms with Crippen LogP contribution in [0.1, 0.15) is 36.8 Å². The fourth-order valence-corrected chi connectivity index (χ4v) is 4.00. The largest absolute Gasteiger partial charge is 0.381 e. The summed E-state index contributed by atoms with van der Waals surface area (Å²) in [6.07, 6.45) is 4.86. The molecule has 0 saturated carbocycles. The van der Waals surface area contributed by atoms with E-state index in [1.165, 1.54) is 37.1 Å². The Balaban J connectivity index is 0.00000243. The van der Waals surface area contributed by atoms with E-state index in [0.29, 0.717) is 0 Å². The lowest BCUT2D eigenvalue weighted by atomic mass is 9.88. The smallest absolute Gasteiger partial charge is 0.191 e. The topological polar surface area (TPSA) is 48.9 Å². The predicted molar refractivity (Wildman–Crippen MR) is 118 cm³/mol. The molecule has 3 rings (SSSR count). The van der Waals surface area contributed by atoms with Crippen molar-refractivity contribution in [3.05, 3.63) is 35.4 Å². The van der Waals surface area contributed by atoms with Crippen molar-refractivity contribution in [2.24, 2.45) is 4.99 Å². The molecular weight excluding hydrogens is 439 g/mol. The number of nitrogens with one attached hydrogen (secondary N) is 2. The van der Waals surface area contributed by atoms with Crippen LogP contribution in [0.5, 0.6) is 0 Å². The first-order valence-electron chi connectivity index (χ1n) is 9.55. The Bertz CT molecular complexity index is 581. The third-order valence-electron chi connectivity index (χ3n) is 5.72. The summed E-state index contributed by atoms with van der Waals surface area (Å²) in [5.74, 6) is 0.883. The molecular formula is C20H33IN4O. The minimum atomic E-state index is 0. The molecule has 0 aromatic heterocycles. The van der Waals surface area contributed by atoms with Crippen LogP contribution in [0.4, 0.5) is 0 Å². The van der Waals surface area contributed by atoms with Gasteiger partial charge in [0.05, 0.1) is 0 Å². The van der Waals surface area contributed by atoms with Gasteiger partial charge in [0.25, 0.3) is 0 Å². The summed E-state index contributed by atoms with van der Waals surface area (Å²) in [6, 6.07) is 8.48. The number of benzene rings is 1. The van der Waals surface area contributed by atoms with Crippen molar-refractivity contribution in [1.82, 2.24) is 15.5 Å². The van der Waals surface area contributed by atoms with E-state index in [1.54, 1.807) is 0 Å². The average Bonchev–Trinajstić information content (AvgIpc) is 3.19. The van der Waals surface area contributed by atoms with E-state index >= 15 is 0 Å². The molecule has 0 amide bonds. The molecule has 0 radical (unpaired) electrons. The minimum absolute atomic E-state index is 0. The van der Waals surface area contributed by atoms with Crippen LogP contribution in [0.25, 0.3) is 0 Å². The molecule has 146 valence electrons. The van der Waals surface area contributed by atoms with E-state index in [4.69, 9.17) is 4.74 Å². The molecule has 0 bridgehead atoms. The van der Waals surface area contributed by atoms with Gasteiger partial charge in [-0.25, -0.2) is 0 Å². The van der Waals surface area contributed by atoms with Crippen molar-refractivity contribution in [3.63, 3.8) is 0 Å². The van der Waals surface area contributed by atoms with Gasteiger partial charge in [-0.05, 0) is 56.8 Å². The first kappa shape index (κ1) is 21.4. The number of halogens is 1. The Hall–Kier alpha value is -0.860. The number of nitrogens with zero attached hydrogens (tertiary/aromatic N) is 2. The van der Waals surface area contributed by atoms with Crippen molar-refractivity contribution in [2.75, 3.05) is 39.9 Å². The van der Waals surface area contributed by atoms with Crippen molar-refractivity contribution in [3.8, 4) is 0 Å². The molecule has 0 unspecified atom stereocenters. The Morgan fingerprint density at radius 2 is 1.85 bits per heavy atom. The van der Waals surface area contributed by atoms with Crippen LogP contribution in [-0.4, -0.2) is 56.3 Å². The zero-order valence-corrected chi connectivity index (χ0v) is 18.4. The SMILES string of the molecule is CN=C(NCc1ccccc1C)NCC1(N2CCCC2)CCOCC1.I. The Morgan fingerprint density at radius 3 is 2.50 bits per heavy atom. The summed E-state index contributed by atoms with van der Waals surface area (Å²) in [4.78, 5) is 7.10. The van der Waals surface area contributed by atoms with E-state index in [2.05, 4.69) is 51.7 Å². The second kappa shape index (κ2) is 10.5. The number of aliphatic imine (C=N–C) groups is 1. The standard InChI is InChI=1S/C20H32N4O.HI/c1-17-7-3-4-8-18(17)15-22-19(21-2)23-16-20(9-13-25-14-10-20)24-11-5-6-12-24;/h3-4,7-8H,5-6,9-16H2,1-2H3,(H2,21,22,23);1H. The third kappa shape index (κ3) is 5.33. The number of hydrogen-bond donors (Lipinski definition) is 2. The number of rotatable bonds is 5. The molecule has 2 aliphatic heterocycles. The lowest BCUT2D eigenvalue weighted by molar-refractivity contribution is -0.0164. The minimum Gasteiger partial charge on any atom is -0.381 e. The van der Waals surface area contributed by atoms with Crippen molar-refractivity contribution in [2.45, 2.75) is 44.7 Å². The van der Waals surface area contributed by atoms with Gasteiger partial charge in [-0.2, -0.15) is 0 Å². The maximum Gasteiger partial charge on any atom is 0.191 e. The van der Waals surface area contributed by atoms with Crippen LogP contribution in [0.15, 0.2) is 29.3 Å². The maximum atomic E-state index is 5.64. The molecule has 2 N–H and O–H groups in total. The second-order valence-corrected chi connectivity index (χ2v) is 7.24. The summed E-state index contributed by atoms with van der Waals surface area (Å²) in [5, 5.41) is 7.05. The monoisotopic (exact) mass is 472 g/mol. The van der Waals surface area contributed by atoms with Crippen molar-refractivity contribution < 1.29 is 4.74 Å². The zero-order chi connectivity index (χ0) is 17.5. The summed E-state index contributed by atoms with van der Waals surface area (Å²) < 4.78 is 5.64. The Morgan fingerprint density at radius 1 is 1.15 bits per heavy atom. The van der Waals surface area contributed by atoms with Crippen LogP contribution >= 0.6 is 24.0 Å². The van der Waals surface area contributed by atoms with Gasteiger partial charge in [0.15, 0.2) is 5.96 Å². The molecule has 0 aliphatic carbocycles. The van der Waals surface area contributed by atoms with E-state index in [0.717, 1.165) is 45.1 Å². The molecule has 0 spiro atoms. The van der Waals surface area contributed by atoms with Gasteiger partial charge in [-0.1, -0.05) is 24.3 Å². The van der Waals surface area contributed by atoms with E-state index < -0.39 is 0 Å². The van der Waals surface area contributed by atoms with E-state index in [-0.39, 0.29) is 29.5 Å². The lowest BCUT2D eigenvalue weighted by Gasteiger charge is -2.45. The molecule has 2 aliphatic rings. The molecule has 1 aromatic carbocycles. The predicted octanol–water partition coefficient (Wildman–Crippen LogP) is 2.92. The number of guanidine groups is 1. The maximum absolute atomic E-state index is 5.64. The highest BCUT2D eigenvalue weighted by Gasteiger charge is 2.39. The lowest BCUT2D eigenvalue weighted by Crippen LogP contribution is -2.58.